The van der Waals surface area contributed by atoms with E-state index in [1.165, 1.54) is 10.8 Å². The summed E-state index contributed by atoms with van der Waals surface area (Å²) in [4.78, 5) is 0. The van der Waals surface area contributed by atoms with Crippen molar-refractivity contribution in [3.8, 4) is 0 Å². The summed E-state index contributed by atoms with van der Waals surface area (Å²) in [5.41, 5.74) is 6.69. The smallest absolute Gasteiger partial charge is 1.00 e. The third kappa shape index (κ3) is 11.1. The largest absolute Gasteiger partial charge is 4.00 e. The van der Waals surface area contributed by atoms with Gasteiger partial charge in [0.2, 0.25) is 0 Å². The maximum Gasteiger partial charge on any atom is 4.00 e. The molecule has 0 saturated heterocycles. The van der Waals surface area contributed by atoms with E-state index >= 15 is 0 Å². The fraction of sp³-hybridized carbons (Fsp3) is 0.308. The van der Waals surface area contributed by atoms with E-state index in [9.17, 15) is 0 Å². The summed E-state index contributed by atoms with van der Waals surface area (Å²) in [7, 11) is 0. The second-order valence-corrected chi connectivity index (χ2v) is 4.40. The van der Waals surface area contributed by atoms with Crippen LogP contribution in [0.5, 0.6) is 0 Å². The Morgan fingerprint density at radius 3 is 1.94 bits per heavy atom. The van der Waals surface area contributed by atoms with Crippen LogP contribution in [-0.2, 0) is 25.8 Å². The fourth-order valence-electron chi connectivity index (χ4n) is 1.07. The summed E-state index contributed by atoms with van der Waals surface area (Å²) in [6.07, 6.45) is 0. The molecule has 2 aromatic carbocycles. The first-order valence-electron chi connectivity index (χ1n) is 4.82. The van der Waals surface area contributed by atoms with Crippen LogP contribution in [0.25, 0.3) is 16.5 Å². The predicted molar refractivity (Wildman–Crippen MR) is 63.6 cm³/mol. The van der Waals surface area contributed by atoms with Crippen molar-refractivity contribution in [2.75, 3.05) is 0 Å². The van der Waals surface area contributed by atoms with Gasteiger partial charge >= 0.3 is 25.8 Å². The molecule has 0 aliphatic carbocycles. The fourth-order valence-corrected chi connectivity index (χ4v) is 1.07. The van der Waals surface area contributed by atoms with Crippen molar-refractivity contribution in [1.82, 2.24) is 0 Å². The minimum absolute atomic E-state index is 0. The van der Waals surface area contributed by atoms with Crippen LogP contribution in [0.4, 0.5) is 0 Å². The number of benzene rings is 1. The van der Waals surface area contributed by atoms with Crippen molar-refractivity contribution in [2.24, 2.45) is 0 Å². The Bertz CT molecular complexity index is 357. The zero-order valence-electron chi connectivity index (χ0n) is 10.3. The van der Waals surface area contributed by atoms with Gasteiger partial charge in [-0.1, -0.05) is 26.8 Å². The van der Waals surface area contributed by atoms with Crippen LogP contribution in [0.1, 0.15) is 20.8 Å². The molecule has 0 fully saturated rings. The molecule has 0 aliphatic rings. The van der Waals surface area contributed by atoms with Gasteiger partial charge in [0.05, 0.1) is 0 Å². The molecule has 0 heterocycles. The molecular formula is C13H17Cl2HfN. The van der Waals surface area contributed by atoms with E-state index in [1.807, 2.05) is 20.8 Å². The van der Waals surface area contributed by atoms with Crippen molar-refractivity contribution >= 4 is 10.8 Å². The van der Waals surface area contributed by atoms with Gasteiger partial charge < -0.3 is 30.5 Å². The minimum atomic E-state index is -0.250. The van der Waals surface area contributed by atoms with Gasteiger partial charge in [0.1, 0.15) is 0 Å². The Morgan fingerprint density at radius 2 is 1.47 bits per heavy atom. The normalized spacial score (nSPS) is 8.94. The molecule has 0 unspecified atom stereocenters. The molecular weight excluding hydrogens is 420 g/mol. The average molecular weight is 437 g/mol. The number of rotatable bonds is 0. The molecule has 0 aromatic heterocycles. The van der Waals surface area contributed by atoms with Crippen molar-refractivity contribution in [1.29, 1.82) is 0 Å². The van der Waals surface area contributed by atoms with E-state index in [0.29, 0.717) is 0 Å². The van der Waals surface area contributed by atoms with Crippen LogP contribution >= 0.6 is 0 Å². The van der Waals surface area contributed by atoms with E-state index in [0.717, 1.165) is 0 Å². The Morgan fingerprint density at radius 1 is 1.00 bits per heavy atom. The first-order valence-corrected chi connectivity index (χ1v) is 4.82. The number of nitrogens with one attached hydrogen (secondary N) is 1. The maximum absolute atomic E-state index is 6.94. The predicted octanol–water partition coefficient (Wildman–Crippen LogP) is -1.60. The molecule has 0 saturated carbocycles. The summed E-state index contributed by atoms with van der Waals surface area (Å²) in [6, 6.07) is 14.7. The van der Waals surface area contributed by atoms with Gasteiger partial charge in [-0.15, -0.1) is 35.2 Å². The summed E-state index contributed by atoms with van der Waals surface area (Å²) < 4.78 is 0. The minimum Gasteiger partial charge on any atom is -1.00 e. The Balaban J connectivity index is -0.000000222. The third-order valence-corrected chi connectivity index (χ3v) is 1.55. The number of halogens is 2. The molecule has 4 heteroatoms. The van der Waals surface area contributed by atoms with Gasteiger partial charge in [0.25, 0.3) is 0 Å². The first kappa shape index (κ1) is 22.4. The van der Waals surface area contributed by atoms with Crippen molar-refractivity contribution in [3.05, 3.63) is 48.2 Å². The zero-order chi connectivity index (χ0) is 10.6. The van der Waals surface area contributed by atoms with Crippen LogP contribution in [0.2, 0.25) is 0 Å². The first-order chi connectivity index (χ1) is 6.47. The Hall–Kier alpha value is 0.240. The molecule has 1 nitrogen and oxygen atoms in total. The van der Waals surface area contributed by atoms with Crippen LogP contribution in [0.15, 0.2) is 42.5 Å². The van der Waals surface area contributed by atoms with Crippen LogP contribution in [0, 0.1) is 0 Å². The second-order valence-electron chi connectivity index (χ2n) is 4.40. The van der Waals surface area contributed by atoms with E-state index in [1.54, 1.807) is 0 Å². The quantitative estimate of drug-likeness (QED) is 0.351. The van der Waals surface area contributed by atoms with Gasteiger partial charge in [-0.3, -0.25) is 0 Å². The van der Waals surface area contributed by atoms with Crippen LogP contribution < -0.4 is 24.8 Å². The van der Waals surface area contributed by atoms with Gasteiger partial charge in [-0.2, -0.15) is 17.5 Å². The molecule has 0 spiro atoms. The summed E-state index contributed by atoms with van der Waals surface area (Å²) in [5, 5.41) is 2.66. The molecule has 0 amide bonds. The zero-order valence-corrected chi connectivity index (χ0v) is 15.4. The van der Waals surface area contributed by atoms with Crippen molar-refractivity contribution in [3.63, 3.8) is 0 Å². The summed E-state index contributed by atoms with van der Waals surface area (Å²) >= 11 is 0. The molecule has 92 valence electrons. The number of hydrogen-bond donors (Lipinski definition) is 0. The van der Waals surface area contributed by atoms with Gasteiger partial charge in [0, 0.05) is 0 Å². The van der Waals surface area contributed by atoms with Gasteiger partial charge in [-0.05, 0) is 0 Å². The van der Waals surface area contributed by atoms with E-state index in [-0.39, 0.29) is 56.2 Å². The molecule has 0 bridgehead atoms. The molecule has 1 N–H and O–H groups in total. The topological polar surface area (TPSA) is 23.8 Å². The summed E-state index contributed by atoms with van der Waals surface area (Å²) in [6.45, 7) is 5.56. The molecule has 17 heavy (non-hydrogen) atoms. The molecule has 0 radical (unpaired) electrons. The second kappa shape index (κ2) is 10.2. The summed E-state index contributed by atoms with van der Waals surface area (Å²) in [5.74, 6) is 0. The monoisotopic (exact) mass is 437 g/mol. The average Bonchev–Trinajstić information content (AvgIpc) is 2.47. The number of fused-ring (bicyclic) bond motifs is 1. The van der Waals surface area contributed by atoms with Crippen molar-refractivity contribution < 1.29 is 50.7 Å². The van der Waals surface area contributed by atoms with E-state index in [4.69, 9.17) is 5.73 Å². The molecule has 2 rings (SSSR count). The molecule has 2 aromatic rings. The Kier molecular flexibility index (Phi) is 13.4. The third-order valence-electron chi connectivity index (χ3n) is 1.55. The standard InChI is InChI=1S/C9H7.C4H10N.2ClH.Hf/c1-2-5-9-7-3-6-8(9)4-1;1-4(2,3)5;;;/h1-7H;5H,1-3H3;2*1H;/q2*-1;;;+4/p-2. The molecule has 0 atom stereocenters. The van der Waals surface area contributed by atoms with E-state index < -0.39 is 0 Å². The Labute approximate surface area is 135 Å². The van der Waals surface area contributed by atoms with Gasteiger partial charge in [-0.25, -0.2) is 0 Å². The van der Waals surface area contributed by atoms with Crippen LogP contribution in [-0.4, -0.2) is 5.54 Å². The number of hydrogen-bond acceptors (Lipinski definition) is 0. The maximum atomic E-state index is 6.94. The van der Waals surface area contributed by atoms with E-state index in [2.05, 4.69) is 42.5 Å². The van der Waals surface area contributed by atoms with Gasteiger partial charge in [0.15, 0.2) is 0 Å². The SMILES string of the molecule is CC(C)(C)[NH-].[Cl-].[Cl-].[Hf+4].c1ccc2[cH-]ccc2c1. The molecule has 0 aliphatic heterocycles. The van der Waals surface area contributed by atoms with Crippen LogP contribution in [0.3, 0.4) is 0 Å². The van der Waals surface area contributed by atoms with Crippen molar-refractivity contribution in [2.45, 2.75) is 26.3 Å².